The fourth-order valence-electron chi connectivity index (χ4n) is 3.38. The van der Waals surface area contributed by atoms with Gasteiger partial charge in [-0.05, 0) is 38.8 Å². The lowest BCUT2D eigenvalue weighted by Crippen LogP contribution is -2.45. The summed E-state index contributed by atoms with van der Waals surface area (Å²) in [6.45, 7) is 7.65. The molecule has 1 aromatic heterocycles. The maximum Gasteiger partial charge on any atom is 0.227 e. The van der Waals surface area contributed by atoms with Gasteiger partial charge in [0.1, 0.15) is 5.82 Å². The maximum atomic E-state index is 4.87. The molecule has 1 atom stereocenters. The molecule has 5 heteroatoms. The van der Waals surface area contributed by atoms with Crippen molar-refractivity contribution in [2.75, 3.05) is 49.6 Å². The van der Waals surface area contributed by atoms with E-state index in [1.165, 1.54) is 25.7 Å². The molecule has 2 saturated heterocycles. The zero-order chi connectivity index (χ0) is 14.7. The normalized spacial score (nSPS) is 24.4. The minimum atomic E-state index is 0.647. The quantitative estimate of drug-likeness (QED) is 0.850. The minimum Gasteiger partial charge on any atom is -0.353 e. The number of piperidine rings is 1. The second-order valence-corrected chi connectivity index (χ2v) is 6.26. The lowest BCUT2D eigenvalue weighted by molar-refractivity contribution is 0.311. The van der Waals surface area contributed by atoms with Gasteiger partial charge in [-0.2, -0.15) is 4.98 Å². The summed E-state index contributed by atoms with van der Waals surface area (Å²) >= 11 is 0. The number of piperazine rings is 1. The summed E-state index contributed by atoms with van der Waals surface area (Å²) in [5, 5.41) is 0. The molecule has 0 saturated carbocycles. The summed E-state index contributed by atoms with van der Waals surface area (Å²) < 4.78 is 0. The summed E-state index contributed by atoms with van der Waals surface area (Å²) in [4.78, 5) is 16.5. The molecule has 116 valence electrons. The largest absolute Gasteiger partial charge is 0.353 e. The zero-order valence-electron chi connectivity index (χ0n) is 13.3. The average Bonchev–Trinajstić information content (AvgIpc) is 2.55. The summed E-state index contributed by atoms with van der Waals surface area (Å²) in [5.41, 5.74) is 0. The van der Waals surface area contributed by atoms with Crippen molar-refractivity contribution in [2.24, 2.45) is 0 Å². The van der Waals surface area contributed by atoms with Gasteiger partial charge >= 0.3 is 0 Å². The average molecular weight is 289 g/mol. The number of likely N-dealkylation sites (N-methyl/N-ethyl adjacent to an activating group) is 1. The first kappa shape index (κ1) is 14.6. The van der Waals surface area contributed by atoms with Gasteiger partial charge in [-0.25, -0.2) is 4.98 Å². The molecular formula is C16H27N5. The fourth-order valence-corrected chi connectivity index (χ4v) is 3.38. The SMILES string of the molecule is CCC1CCCCN1c1ccnc(N2CCN(C)CC2)n1. The van der Waals surface area contributed by atoms with Crippen LogP contribution in [0.2, 0.25) is 0 Å². The van der Waals surface area contributed by atoms with Gasteiger partial charge < -0.3 is 14.7 Å². The van der Waals surface area contributed by atoms with Crippen LogP contribution in [-0.2, 0) is 0 Å². The zero-order valence-corrected chi connectivity index (χ0v) is 13.3. The third-order valence-corrected chi connectivity index (χ3v) is 4.81. The molecule has 2 fully saturated rings. The van der Waals surface area contributed by atoms with E-state index in [1.54, 1.807) is 0 Å². The lowest BCUT2D eigenvalue weighted by atomic mass is 10.0. The van der Waals surface area contributed by atoms with Gasteiger partial charge in [0, 0.05) is 45.0 Å². The van der Waals surface area contributed by atoms with E-state index in [9.17, 15) is 0 Å². The molecule has 3 rings (SSSR count). The van der Waals surface area contributed by atoms with Crippen LogP contribution in [0.4, 0.5) is 11.8 Å². The molecule has 2 aliphatic heterocycles. The van der Waals surface area contributed by atoms with Gasteiger partial charge in [0.25, 0.3) is 0 Å². The molecule has 0 bridgehead atoms. The van der Waals surface area contributed by atoms with E-state index in [1.807, 2.05) is 6.20 Å². The third-order valence-electron chi connectivity index (χ3n) is 4.81. The molecule has 2 aliphatic rings. The van der Waals surface area contributed by atoms with E-state index in [0.717, 1.165) is 44.5 Å². The second kappa shape index (κ2) is 6.60. The smallest absolute Gasteiger partial charge is 0.227 e. The highest BCUT2D eigenvalue weighted by Crippen LogP contribution is 2.26. The number of nitrogens with zero attached hydrogens (tertiary/aromatic N) is 5. The van der Waals surface area contributed by atoms with Crippen LogP contribution < -0.4 is 9.80 Å². The van der Waals surface area contributed by atoms with E-state index in [4.69, 9.17) is 4.98 Å². The second-order valence-electron chi connectivity index (χ2n) is 6.26. The first-order valence-electron chi connectivity index (χ1n) is 8.31. The van der Waals surface area contributed by atoms with E-state index in [0.29, 0.717) is 6.04 Å². The van der Waals surface area contributed by atoms with Gasteiger partial charge in [-0.15, -0.1) is 0 Å². The third kappa shape index (κ3) is 3.28. The molecule has 5 nitrogen and oxygen atoms in total. The lowest BCUT2D eigenvalue weighted by Gasteiger charge is -2.37. The van der Waals surface area contributed by atoms with Crippen molar-refractivity contribution in [1.29, 1.82) is 0 Å². The van der Waals surface area contributed by atoms with Gasteiger partial charge in [-0.3, -0.25) is 0 Å². The Kier molecular flexibility index (Phi) is 4.58. The summed E-state index contributed by atoms with van der Waals surface area (Å²) in [7, 11) is 2.17. The highest BCUT2D eigenvalue weighted by Gasteiger charge is 2.23. The number of hydrogen-bond donors (Lipinski definition) is 0. The van der Waals surface area contributed by atoms with Gasteiger partial charge in [0.05, 0.1) is 0 Å². The number of hydrogen-bond acceptors (Lipinski definition) is 5. The Morgan fingerprint density at radius 3 is 2.71 bits per heavy atom. The van der Waals surface area contributed by atoms with Gasteiger partial charge in [0.15, 0.2) is 0 Å². The van der Waals surface area contributed by atoms with Crippen molar-refractivity contribution < 1.29 is 0 Å². The fraction of sp³-hybridized carbons (Fsp3) is 0.750. The molecular weight excluding hydrogens is 262 g/mol. The van der Waals surface area contributed by atoms with Crippen molar-refractivity contribution in [3.05, 3.63) is 12.3 Å². The van der Waals surface area contributed by atoms with Crippen LogP contribution >= 0.6 is 0 Å². The van der Waals surface area contributed by atoms with Crippen molar-refractivity contribution >= 4 is 11.8 Å². The molecule has 3 heterocycles. The molecule has 1 aromatic rings. The standard InChI is InChI=1S/C16H27N5/c1-3-14-6-4-5-9-21(14)15-7-8-17-16(18-15)20-12-10-19(2)11-13-20/h7-8,14H,3-6,9-13H2,1-2H3. The van der Waals surface area contributed by atoms with Gasteiger partial charge in [-0.1, -0.05) is 6.92 Å². The van der Waals surface area contributed by atoms with E-state index in [2.05, 4.69) is 39.7 Å². The van der Waals surface area contributed by atoms with Crippen LogP contribution in [0, 0.1) is 0 Å². The molecule has 21 heavy (non-hydrogen) atoms. The Labute approximate surface area is 128 Å². The Balaban J connectivity index is 1.76. The predicted molar refractivity (Wildman–Crippen MR) is 87.0 cm³/mol. The summed E-state index contributed by atoms with van der Waals surface area (Å²) in [6.07, 6.45) is 7.06. The maximum absolute atomic E-state index is 4.87. The Morgan fingerprint density at radius 1 is 1.14 bits per heavy atom. The molecule has 0 amide bonds. The van der Waals surface area contributed by atoms with Crippen molar-refractivity contribution in [3.8, 4) is 0 Å². The van der Waals surface area contributed by atoms with E-state index >= 15 is 0 Å². The number of aromatic nitrogens is 2. The topological polar surface area (TPSA) is 35.5 Å². The first-order valence-corrected chi connectivity index (χ1v) is 8.31. The molecule has 0 N–H and O–H groups in total. The van der Waals surface area contributed by atoms with Crippen LogP contribution in [0.5, 0.6) is 0 Å². The number of rotatable bonds is 3. The highest BCUT2D eigenvalue weighted by atomic mass is 15.3. The highest BCUT2D eigenvalue weighted by molar-refractivity contribution is 5.45. The summed E-state index contributed by atoms with van der Waals surface area (Å²) in [6, 6.07) is 2.72. The van der Waals surface area contributed by atoms with Crippen molar-refractivity contribution in [1.82, 2.24) is 14.9 Å². The van der Waals surface area contributed by atoms with Crippen LogP contribution in [0.15, 0.2) is 12.3 Å². The minimum absolute atomic E-state index is 0.647. The Morgan fingerprint density at radius 2 is 1.95 bits per heavy atom. The van der Waals surface area contributed by atoms with Crippen LogP contribution in [0.3, 0.4) is 0 Å². The van der Waals surface area contributed by atoms with Crippen LogP contribution in [-0.4, -0.2) is 60.7 Å². The van der Waals surface area contributed by atoms with E-state index in [-0.39, 0.29) is 0 Å². The summed E-state index contributed by atoms with van der Waals surface area (Å²) in [5.74, 6) is 2.02. The van der Waals surface area contributed by atoms with Crippen LogP contribution in [0.1, 0.15) is 32.6 Å². The van der Waals surface area contributed by atoms with Gasteiger partial charge in [0.2, 0.25) is 5.95 Å². The monoisotopic (exact) mass is 289 g/mol. The Bertz CT molecular complexity index is 456. The predicted octanol–water partition coefficient (Wildman–Crippen LogP) is 2.00. The van der Waals surface area contributed by atoms with Crippen molar-refractivity contribution in [3.63, 3.8) is 0 Å². The van der Waals surface area contributed by atoms with Crippen LogP contribution in [0.25, 0.3) is 0 Å². The molecule has 0 radical (unpaired) electrons. The number of anilines is 2. The van der Waals surface area contributed by atoms with Crippen molar-refractivity contribution in [2.45, 2.75) is 38.6 Å². The Hall–Kier alpha value is -1.36. The molecule has 0 spiro atoms. The molecule has 1 unspecified atom stereocenters. The van der Waals surface area contributed by atoms with E-state index < -0.39 is 0 Å². The molecule has 0 aliphatic carbocycles. The first-order chi connectivity index (χ1) is 10.3. The molecule has 0 aromatic carbocycles.